The molecular formula is C14H15FN6O. The molecule has 0 radical (unpaired) electrons. The van der Waals surface area contributed by atoms with E-state index in [4.69, 9.17) is 0 Å². The van der Waals surface area contributed by atoms with Gasteiger partial charge in [0.2, 0.25) is 11.9 Å². The molecule has 0 unspecified atom stereocenters. The third-order valence-electron chi connectivity index (χ3n) is 4.33. The molecule has 22 heavy (non-hydrogen) atoms. The van der Waals surface area contributed by atoms with Crippen molar-refractivity contribution in [3.63, 3.8) is 0 Å². The highest BCUT2D eigenvalue weighted by Crippen LogP contribution is 2.37. The average molecular weight is 302 g/mol. The maximum Gasteiger partial charge on any atom is 0.229 e. The number of hydrogen-bond acceptors (Lipinski definition) is 5. The van der Waals surface area contributed by atoms with Gasteiger partial charge in [-0.05, 0) is 6.42 Å². The summed E-state index contributed by atoms with van der Waals surface area (Å²) in [5.74, 6) is 0.100. The van der Waals surface area contributed by atoms with E-state index in [1.807, 2.05) is 23.0 Å². The maximum atomic E-state index is 13.0. The van der Waals surface area contributed by atoms with Crippen molar-refractivity contribution in [2.24, 2.45) is 7.05 Å². The highest BCUT2D eigenvalue weighted by atomic mass is 19.1. The first kappa shape index (κ1) is 13.2. The zero-order valence-electron chi connectivity index (χ0n) is 12.1. The van der Waals surface area contributed by atoms with E-state index in [0.717, 1.165) is 31.0 Å². The number of hydrogen-bond donors (Lipinski definition) is 0. The first-order valence-corrected chi connectivity index (χ1v) is 7.18. The molecule has 2 fully saturated rings. The van der Waals surface area contributed by atoms with E-state index in [-0.39, 0.29) is 18.0 Å². The Morgan fingerprint density at radius 3 is 2.68 bits per heavy atom. The zero-order chi connectivity index (χ0) is 15.3. The quantitative estimate of drug-likeness (QED) is 0.818. The van der Waals surface area contributed by atoms with Crippen LogP contribution in [0.15, 0.2) is 24.8 Å². The summed E-state index contributed by atoms with van der Waals surface area (Å²) in [6, 6.07) is 0.114. The highest BCUT2D eigenvalue weighted by Gasteiger charge is 2.48. The Kier molecular flexibility index (Phi) is 2.85. The Hall–Kier alpha value is -2.51. The largest absolute Gasteiger partial charge is 0.335 e. The number of rotatable bonds is 2. The molecule has 0 aliphatic carbocycles. The minimum atomic E-state index is -0.459. The van der Waals surface area contributed by atoms with Crippen molar-refractivity contribution < 1.29 is 9.18 Å². The van der Waals surface area contributed by atoms with Gasteiger partial charge in [0.05, 0.1) is 36.4 Å². The zero-order valence-corrected chi connectivity index (χ0v) is 12.1. The van der Waals surface area contributed by atoms with Crippen molar-refractivity contribution in [3.05, 3.63) is 30.6 Å². The summed E-state index contributed by atoms with van der Waals surface area (Å²) in [6.07, 6.45) is 7.12. The summed E-state index contributed by atoms with van der Waals surface area (Å²) in [7, 11) is 1.83. The molecule has 0 N–H and O–H groups in total. The summed E-state index contributed by atoms with van der Waals surface area (Å²) in [5.41, 5.74) is 0.821. The molecule has 1 amide bonds. The van der Waals surface area contributed by atoms with E-state index in [0.29, 0.717) is 12.4 Å². The van der Waals surface area contributed by atoms with Crippen LogP contribution in [-0.2, 0) is 11.8 Å². The molecular weight excluding hydrogens is 287 g/mol. The number of aryl methyl sites for hydroxylation is 1. The van der Waals surface area contributed by atoms with Gasteiger partial charge >= 0.3 is 0 Å². The first-order chi connectivity index (χ1) is 10.6. The van der Waals surface area contributed by atoms with Crippen LogP contribution in [0.2, 0.25) is 0 Å². The lowest BCUT2D eigenvalue weighted by atomic mass is 10.1. The van der Waals surface area contributed by atoms with Gasteiger partial charge in [0.25, 0.3) is 0 Å². The van der Waals surface area contributed by atoms with Gasteiger partial charge in [-0.25, -0.2) is 14.4 Å². The molecule has 0 bridgehead atoms. The van der Waals surface area contributed by atoms with Crippen molar-refractivity contribution in [3.8, 4) is 0 Å². The summed E-state index contributed by atoms with van der Waals surface area (Å²) < 4.78 is 14.7. The number of amides is 1. The summed E-state index contributed by atoms with van der Waals surface area (Å²) in [4.78, 5) is 24.3. The molecule has 114 valence electrons. The molecule has 0 aromatic carbocycles. The van der Waals surface area contributed by atoms with Gasteiger partial charge in [0.1, 0.15) is 0 Å². The second-order valence-electron chi connectivity index (χ2n) is 5.66. The third kappa shape index (κ3) is 1.94. The number of anilines is 2. The van der Waals surface area contributed by atoms with Crippen LogP contribution >= 0.6 is 0 Å². The van der Waals surface area contributed by atoms with E-state index >= 15 is 0 Å². The molecule has 0 spiro atoms. The number of carbonyl (C=O) groups excluding carboxylic acids is 1. The SMILES string of the molecule is Cn1cc(N2C(=O)C[C@@H]3[C@H]2CCN3c2ncc(F)cn2)cn1. The molecule has 8 heteroatoms. The van der Waals surface area contributed by atoms with E-state index in [2.05, 4.69) is 15.1 Å². The lowest BCUT2D eigenvalue weighted by molar-refractivity contribution is -0.117. The van der Waals surface area contributed by atoms with Crippen LogP contribution in [0.25, 0.3) is 0 Å². The summed E-state index contributed by atoms with van der Waals surface area (Å²) >= 11 is 0. The fourth-order valence-electron chi connectivity index (χ4n) is 3.42. The minimum Gasteiger partial charge on any atom is -0.335 e. The molecule has 4 rings (SSSR count). The van der Waals surface area contributed by atoms with Gasteiger partial charge < -0.3 is 9.80 Å². The van der Waals surface area contributed by atoms with Crippen molar-refractivity contribution in [2.45, 2.75) is 24.9 Å². The van der Waals surface area contributed by atoms with Crippen LogP contribution in [0.3, 0.4) is 0 Å². The van der Waals surface area contributed by atoms with Crippen molar-refractivity contribution in [1.29, 1.82) is 0 Å². The standard InChI is InChI=1S/C14H15FN6O/c1-19-8-10(7-18-19)21-11-2-3-20(12(11)4-13(21)22)14-16-5-9(15)6-17-14/h5-8,11-12H,2-4H2,1H3/t11-,12-/m1/s1. The van der Waals surface area contributed by atoms with Crippen LogP contribution in [0, 0.1) is 5.82 Å². The Morgan fingerprint density at radius 2 is 2.00 bits per heavy atom. The fourth-order valence-corrected chi connectivity index (χ4v) is 3.42. The Morgan fingerprint density at radius 1 is 1.23 bits per heavy atom. The summed E-state index contributed by atoms with van der Waals surface area (Å²) in [6.45, 7) is 0.755. The van der Waals surface area contributed by atoms with Crippen LogP contribution in [0.5, 0.6) is 0 Å². The number of nitrogens with zero attached hydrogens (tertiary/aromatic N) is 6. The predicted molar refractivity (Wildman–Crippen MR) is 76.8 cm³/mol. The highest BCUT2D eigenvalue weighted by molar-refractivity contribution is 5.97. The monoisotopic (exact) mass is 302 g/mol. The summed E-state index contributed by atoms with van der Waals surface area (Å²) in [5, 5.41) is 4.14. The van der Waals surface area contributed by atoms with E-state index in [1.165, 1.54) is 0 Å². The Balaban J connectivity index is 1.62. The first-order valence-electron chi connectivity index (χ1n) is 7.18. The second-order valence-corrected chi connectivity index (χ2v) is 5.66. The van der Waals surface area contributed by atoms with Gasteiger partial charge in [-0.15, -0.1) is 0 Å². The van der Waals surface area contributed by atoms with Gasteiger partial charge in [-0.3, -0.25) is 9.48 Å². The Labute approximate surface area is 126 Å². The predicted octanol–water partition coefficient (Wildman–Crippen LogP) is 0.733. The molecule has 2 aromatic rings. The topological polar surface area (TPSA) is 67.2 Å². The molecule has 4 heterocycles. The van der Waals surface area contributed by atoms with Crippen molar-refractivity contribution >= 4 is 17.5 Å². The van der Waals surface area contributed by atoms with Gasteiger partial charge in [0.15, 0.2) is 5.82 Å². The van der Waals surface area contributed by atoms with Crippen LogP contribution in [0.4, 0.5) is 16.0 Å². The molecule has 2 aliphatic rings. The van der Waals surface area contributed by atoms with Gasteiger partial charge in [-0.2, -0.15) is 5.10 Å². The lowest BCUT2D eigenvalue weighted by Crippen LogP contribution is -2.37. The molecule has 2 aromatic heterocycles. The minimum absolute atomic E-state index is 0.0261. The van der Waals surface area contributed by atoms with Crippen LogP contribution < -0.4 is 9.80 Å². The molecule has 2 atom stereocenters. The molecule has 7 nitrogen and oxygen atoms in total. The van der Waals surface area contributed by atoms with Gasteiger partial charge in [0, 0.05) is 26.2 Å². The van der Waals surface area contributed by atoms with E-state index in [9.17, 15) is 9.18 Å². The lowest BCUT2D eigenvalue weighted by Gasteiger charge is -2.24. The maximum absolute atomic E-state index is 13.0. The third-order valence-corrected chi connectivity index (χ3v) is 4.33. The van der Waals surface area contributed by atoms with Crippen LogP contribution in [0.1, 0.15) is 12.8 Å². The van der Waals surface area contributed by atoms with Crippen molar-refractivity contribution in [1.82, 2.24) is 19.7 Å². The molecule has 2 saturated heterocycles. The normalized spacial score (nSPS) is 24.2. The number of aromatic nitrogens is 4. The van der Waals surface area contributed by atoms with Crippen LogP contribution in [-0.4, -0.2) is 44.3 Å². The smallest absolute Gasteiger partial charge is 0.229 e. The van der Waals surface area contributed by atoms with E-state index in [1.54, 1.807) is 10.9 Å². The second kappa shape index (κ2) is 4.75. The molecule has 0 saturated carbocycles. The molecule has 2 aliphatic heterocycles. The van der Waals surface area contributed by atoms with E-state index < -0.39 is 5.82 Å². The number of carbonyl (C=O) groups is 1. The Bertz CT molecular complexity index is 714. The average Bonchev–Trinajstić information content (AvgIpc) is 3.15. The number of halogens is 1. The fraction of sp³-hybridized carbons (Fsp3) is 0.429. The number of fused-ring (bicyclic) bond motifs is 1. The van der Waals surface area contributed by atoms with Gasteiger partial charge in [-0.1, -0.05) is 0 Å². The van der Waals surface area contributed by atoms with Crippen molar-refractivity contribution in [2.75, 3.05) is 16.3 Å².